The molecule has 17 heavy (non-hydrogen) atoms. The lowest BCUT2D eigenvalue weighted by molar-refractivity contribution is 0.509. The van der Waals surface area contributed by atoms with Gasteiger partial charge in [-0.25, -0.2) is 0 Å². The fraction of sp³-hybridized carbons (Fsp3) is 0.400. The summed E-state index contributed by atoms with van der Waals surface area (Å²) in [6.45, 7) is 2.23. The van der Waals surface area contributed by atoms with Crippen molar-refractivity contribution in [2.45, 2.75) is 32.2 Å². The fourth-order valence-corrected chi connectivity index (χ4v) is 2.16. The maximum Gasteiger partial charge on any atom is 0.0704 e. The zero-order chi connectivity index (χ0) is 12.1. The standard InChI is InChI=1S/C15H20N2/c1-3-14(16-2)9-7-12-6-8-13-5-4-10-17-15(13)11-12/h4-6,8,10-11,14,16H,3,7,9H2,1-2H3. The Bertz CT molecular complexity index is 475. The summed E-state index contributed by atoms with van der Waals surface area (Å²) in [6, 6.07) is 11.3. The van der Waals surface area contributed by atoms with Crippen molar-refractivity contribution in [3.05, 3.63) is 42.1 Å². The Morgan fingerprint density at radius 3 is 2.94 bits per heavy atom. The number of aromatic nitrogens is 1. The van der Waals surface area contributed by atoms with E-state index in [1.165, 1.54) is 23.8 Å². The van der Waals surface area contributed by atoms with Gasteiger partial charge < -0.3 is 5.32 Å². The van der Waals surface area contributed by atoms with E-state index in [1.807, 2.05) is 19.3 Å². The largest absolute Gasteiger partial charge is 0.317 e. The molecule has 2 heteroatoms. The van der Waals surface area contributed by atoms with Gasteiger partial charge in [0.05, 0.1) is 5.52 Å². The number of rotatable bonds is 5. The Morgan fingerprint density at radius 2 is 2.18 bits per heavy atom. The number of pyridine rings is 1. The van der Waals surface area contributed by atoms with Crippen LogP contribution >= 0.6 is 0 Å². The molecule has 0 saturated heterocycles. The molecular weight excluding hydrogens is 208 g/mol. The van der Waals surface area contributed by atoms with Gasteiger partial charge >= 0.3 is 0 Å². The van der Waals surface area contributed by atoms with Crippen molar-refractivity contribution < 1.29 is 0 Å². The Labute approximate surface area is 103 Å². The first-order chi connectivity index (χ1) is 8.33. The van der Waals surface area contributed by atoms with Crippen LogP contribution in [0, 0.1) is 0 Å². The first kappa shape index (κ1) is 12.1. The van der Waals surface area contributed by atoms with Crippen LogP contribution in [0.5, 0.6) is 0 Å². The molecule has 0 bridgehead atoms. The topological polar surface area (TPSA) is 24.9 Å². The van der Waals surface area contributed by atoms with Crippen molar-refractivity contribution in [3.63, 3.8) is 0 Å². The van der Waals surface area contributed by atoms with Gasteiger partial charge in [-0.15, -0.1) is 0 Å². The van der Waals surface area contributed by atoms with Crippen LogP contribution in [0.25, 0.3) is 10.9 Å². The molecule has 1 atom stereocenters. The van der Waals surface area contributed by atoms with E-state index in [9.17, 15) is 0 Å². The van der Waals surface area contributed by atoms with Crippen LogP contribution in [0.2, 0.25) is 0 Å². The van der Waals surface area contributed by atoms with E-state index in [1.54, 1.807) is 0 Å². The molecule has 0 aliphatic heterocycles. The van der Waals surface area contributed by atoms with Crippen molar-refractivity contribution in [1.82, 2.24) is 10.3 Å². The number of hydrogen-bond acceptors (Lipinski definition) is 2. The fourth-order valence-electron chi connectivity index (χ4n) is 2.16. The maximum atomic E-state index is 4.39. The van der Waals surface area contributed by atoms with Gasteiger partial charge in [0.25, 0.3) is 0 Å². The Kier molecular flexibility index (Phi) is 4.10. The molecule has 1 aromatic heterocycles. The summed E-state index contributed by atoms with van der Waals surface area (Å²) >= 11 is 0. The normalized spacial score (nSPS) is 12.8. The number of hydrogen-bond donors (Lipinski definition) is 1. The van der Waals surface area contributed by atoms with Gasteiger partial charge in [0.2, 0.25) is 0 Å². The molecule has 0 fully saturated rings. The van der Waals surface area contributed by atoms with Gasteiger partial charge in [-0.2, -0.15) is 0 Å². The van der Waals surface area contributed by atoms with E-state index < -0.39 is 0 Å². The molecule has 1 N–H and O–H groups in total. The number of aryl methyl sites for hydroxylation is 1. The second kappa shape index (κ2) is 5.78. The van der Waals surface area contributed by atoms with Gasteiger partial charge in [0, 0.05) is 17.6 Å². The zero-order valence-corrected chi connectivity index (χ0v) is 10.6. The quantitative estimate of drug-likeness (QED) is 0.850. The van der Waals surface area contributed by atoms with Crippen LogP contribution in [0.3, 0.4) is 0 Å². The summed E-state index contributed by atoms with van der Waals surface area (Å²) < 4.78 is 0. The van der Waals surface area contributed by atoms with E-state index in [0.29, 0.717) is 6.04 Å². The summed E-state index contributed by atoms with van der Waals surface area (Å²) in [7, 11) is 2.04. The van der Waals surface area contributed by atoms with Crippen LogP contribution in [0.15, 0.2) is 36.5 Å². The van der Waals surface area contributed by atoms with Crippen molar-refractivity contribution in [1.29, 1.82) is 0 Å². The van der Waals surface area contributed by atoms with E-state index in [4.69, 9.17) is 0 Å². The Hall–Kier alpha value is -1.41. The van der Waals surface area contributed by atoms with Crippen LogP contribution in [0.1, 0.15) is 25.3 Å². The first-order valence-electron chi connectivity index (χ1n) is 6.34. The third kappa shape index (κ3) is 3.04. The molecule has 2 nitrogen and oxygen atoms in total. The molecule has 0 radical (unpaired) electrons. The summed E-state index contributed by atoms with van der Waals surface area (Å²) in [6.07, 6.45) is 5.34. The third-order valence-corrected chi connectivity index (χ3v) is 3.35. The van der Waals surface area contributed by atoms with Crippen LogP contribution in [-0.4, -0.2) is 18.1 Å². The van der Waals surface area contributed by atoms with Gasteiger partial charge in [-0.05, 0) is 44.0 Å². The van der Waals surface area contributed by atoms with E-state index in [-0.39, 0.29) is 0 Å². The lowest BCUT2D eigenvalue weighted by Gasteiger charge is -2.13. The second-order valence-corrected chi connectivity index (χ2v) is 4.46. The lowest BCUT2D eigenvalue weighted by Crippen LogP contribution is -2.24. The molecular formula is C15H20N2. The number of benzene rings is 1. The molecule has 0 saturated carbocycles. The predicted molar refractivity (Wildman–Crippen MR) is 73.2 cm³/mol. The van der Waals surface area contributed by atoms with Gasteiger partial charge in [0.15, 0.2) is 0 Å². The molecule has 2 rings (SSSR count). The smallest absolute Gasteiger partial charge is 0.0704 e. The minimum Gasteiger partial charge on any atom is -0.317 e. The molecule has 0 aliphatic rings. The second-order valence-electron chi connectivity index (χ2n) is 4.46. The van der Waals surface area contributed by atoms with Gasteiger partial charge in [-0.3, -0.25) is 4.98 Å². The highest BCUT2D eigenvalue weighted by Gasteiger charge is 2.04. The van der Waals surface area contributed by atoms with Crippen LogP contribution < -0.4 is 5.32 Å². The highest BCUT2D eigenvalue weighted by molar-refractivity contribution is 5.78. The highest BCUT2D eigenvalue weighted by Crippen LogP contribution is 2.15. The summed E-state index contributed by atoms with van der Waals surface area (Å²) in [5.41, 5.74) is 2.48. The molecule has 0 spiro atoms. The van der Waals surface area contributed by atoms with Crippen LogP contribution in [-0.2, 0) is 6.42 Å². The summed E-state index contributed by atoms with van der Waals surface area (Å²) in [4.78, 5) is 4.39. The number of nitrogens with one attached hydrogen (secondary N) is 1. The monoisotopic (exact) mass is 228 g/mol. The maximum absolute atomic E-state index is 4.39. The van der Waals surface area contributed by atoms with Crippen molar-refractivity contribution in [2.24, 2.45) is 0 Å². The summed E-state index contributed by atoms with van der Waals surface area (Å²) in [5, 5.41) is 4.56. The first-order valence-corrected chi connectivity index (χ1v) is 6.34. The van der Waals surface area contributed by atoms with Crippen LogP contribution in [0.4, 0.5) is 0 Å². The zero-order valence-electron chi connectivity index (χ0n) is 10.6. The highest BCUT2D eigenvalue weighted by atomic mass is 14.9. The molecule has 2 aromatic rings. The molecule has 1 unspecified atom stereocenters. The third-order valence-electron chi connectivity index (χ3n) is 3.35. The molecule has 90 valence electrons. The number of fused-ring (bicyclic) bond motifs is 1. The lowest BCUT2D eigenvalue weighted by atomic mass is 10.0. The van der Waals surface area contributed by atoms with E-state index in [0.717, 1.165) is 11.9 Å². The predicted octanol–water partition coefficient (Wildman–Crippen LogP) is 3.17. The van der Waals surface area contributed by atoms with Gasteiger partial charge in [0.1, 0.15) is 0 Å². The Morgan fingerprint density at radius 1 is 1.29 bits per heavy atom. The molecule has 1 heterocycles. The van der Waals surface area contributed by atoms with Gasteiger partial charge in [-0.1, -0.05) is 25.1 Å². The molecule has 1 aromatic carbocycles. The molecule has 0 aliphatic carbocycles. The van der Waals surface area contributed by atoms with Crippen molar-refractivity contribution in [2.75, 3.05) is 7.05 Å². The van der Waals surface area contributed by atoms with Crippen molar-refractivity contribution in [3.8, 4) is 0 Å². The number of nitrogens with zero attached hydrogens (tertiary/aromatic N) is 1. The minimum absolute atomic E-state index is 0.620. The average molecular weight is 228 g/mol. The average Bonchev–Trinajstić information content (AvgIpc) is 2.40. The van der Waals surface area contributed by atoms with E-state index >= 15 is 0 Å². The van der Waals surface area contributed by atoms with E-state index in [2.05, 4.69) is 41.5 Å². The SMILES string of the molecule is CCC(CCc1ccc2cccnc2c1)NC. The molecule has 0 amide bonds. The van der Waals surface area contributed by atoms with Crippen molar-refractivity contribution >= 4 is 10.9 Å². The Balaban J connectivity index is 2.09. The summed E-state index contributed by atoms with van der Waals surface area (Å²) in [5.74, 6) is 0. The minimum atomic E-state index is 0.620.